The lowest BCUT2D eigenvalue weighted by Gasteiger charge is -2.20. The highest BCUT2D eigenvalue weighted by molar-refractivity contribution is 5.81. The molecule has 3 nitrogen and oxygen atoms in total. The van der Waals surface area contributed by atoms with Crippen molar-refractivity contribution >= 4 is 10.9 Å². The van der Waals surface area contributed by atoms with E-state index in [-0.39, 0.29) is 0 Å². The van der Waals surface area contributed by atoms with Crippen LogP contribution in [0.25, 0.3) is 10.9 Å². The highest BCUT2D eigenvalue weighted by Crippen LogP contribution is 2.18. The molecule has 2 heterocycles. The van der Waals surface area contributed by atoms with E-state index in [4.69, 9.17) is 0 Å². The number of nitrogens with one attached hydrogen (secondary N) is 1. The van der Waals surface area contributed by atoms with E-state index < -0.39 is 0 Å². The third-order valence-electron chi connectivity index (χ3n) is 4.26. The molecule has 3 heteroatoms. The molecular formula is C17H23N3. The molecular weight excluding hydrogens is 246 g/mol. The van der Waals surface area contributed by atoms with E-state index in [1.807, 2.05) is 12.3 Å². The van der Waals surface area contributed by atoms with E-state index in [1.165, 1.54) is 30.3 Å². The smallest absolute Gasteiger partial charge is 0.0746 e. The van der Waals surface area contributed by atoms with Crippen molar-refractivity contribution in [2.45, 2.75) is 32.4 Å². The van der Waals surface area contributed by atoms with Crippen molar-refractivity contribution in [3.05, 3.63) is 42.1 Å². The average Bonchev–Trinajstić information content (AvgIpc) is 2.73. The predicted octanol–water partition coefficient (Wildman–Crippen LogP) is 2.81. The molecule has 0 radical (unpaired) electrons. The minimum absolute atomic E-state index is 0.686. The third-order valence-corrected chi connectivity index (χ3v) is 4.26. The first-order valence-electron chi connectivity index (χ1n) is 7.65. The lowest BCUT2D eigenvalue weighted by Crippen LogP contribution is -2.29. The molecule has 1 aromatic heterocycles. The van der Waals surface area contributed by atoms with Crippen LogP contribution in [0.1, 0.15) is 25.3 Å². The van der Waals surface area contributed by atoms with Gasteiger partial charge in [-0.05, 0) is 24.5 Å². The Morgan fingerprint density at radius 1 is 1.25 bits per heavy atom. The van der Waals surface area contributed by atoms with E-state index in [0.717, 1.165) is 25.2 Å². The highest BCUT2D eigenvalue weighted by Gasteiger charge is 2.15. The molecule has 1 aromatic carbocycles. The molecule has 3 rings (SSSR count). The Labute approximate surface area is 121 Å². The topological polar surface area (TPSA) is 28.2 Å². The second kappa shape index (κ2) is 6.33. The molecule has 0 amide bonds. The first kappa shape index (κ1) is 13.5. The summed E-state index contributed by atoms with van der Waals surface area (Å²) in [7, 11) is 0. The van der Waals surface area contributed by atoms with Crippen LogP contribution in [0, 0.1) is 0 Å². The van der Waals surface area contributed by atoms with Crippen molar-refractivity contribution in [2.75, 3.05) is 19.6 Å². The molecule has 0 saturated carbocycles. The number of benzene rings is 1. The van der Waals surface area contributed by atoms with Crippen molar-refractivity contribution in [1.29, 1.82) is 0 Å². The number of nitrogens with zero attached hydrogens (tertiary/aromatic N) is 2. The van der Waals surface area contributed by atoms with Gasteiger partial charge >= 0.3 is 0 Å². The van der Waals surface area contributed by atoms with Crippen molar-refractivity contribution in [2.24, 2.45) is 0 Å². The third kappa shape index (κ3) is 3.00. The summed E-state index contributed by atoms with van der Waals surface area (Å²) in [4.78, 5) is 7.11. The van der Waals surface area contributed by atoms with E-state index in [2.05, 4.69) is 46.4 Å². The van der Waals surface area contributed by atoms with E-state index >= 15 is 0 Å². The normalized spacial score (nSPS) is 20.9. The Morgan fingerprint density at radius 3 is 3.05 bits per heavy atom. The van der Waals surface area contributed by atoms with Crippen LogP contribution in [-0.4, -0.2) is 35.6 Å². The summed E-state index contributed by atoms with van der Waals surface area (Å²) in [5.74, 6) is 0. The first-order valence-corrected chi connectivity index (χ1v) is 7.65. The van der Waals surface area contributed by atoms with Gasteiger partial charge in [0.2, 0.25) is 0 Å². The van der Waals surface area contributed by atoms with Gasteiger partial charge in [0, 0.05) is 43.8 Å². The van der Waals surface area contributed by atoms with Crippen LogP contribution in [0.3, 0.4) is 0 Å². The summed E-state index contributed by atoms with van der Waals surface area (Å²) in [6.45, 7) is 6.67. The van der Waals surface area contributed by atoms with Crippen molar-refractivity contribution in [1.82, 2.24) is 15.2 Å². The minimum Gasteiger partial charge on any atom is -0.313 e. The quantitative estimate of drug-likeness (QED) is 0.928. The highest BCUT2D eigenvalue weighted by atomic mass is 15.2. The Kier molecular flexibility index (Phi) is 4.28. The number of fused-ring (bicyclic) bond motifs is 1. The summed E-state index contributed by atoms with van der Waals surface area (Å²) in [6.07, 6.45) is 4.36. The number of pyridine rings is 1. The first-order chi connectivity index (χ1) is 9.86. The fourth-order valence-corrected chi connectivity index (χ4v) is 3.02. The zero-order chi connectivity index (χ0) is 13.8. The summed E-state index contributed by atoms with van der Waals surface area (Å²) in [5.41, 5.74) is 2.50. The summed E-state index contributed by atoms with van der Waals surface area (Å²) in [6, 6.07) is 11.3. The van der Waals surface area contributed by atoms with Gasteiger partial charge in [0.05, 0.1) is 5.52 Å². The molecule has 1 N–H and O–H groups in total. The Morgan fingerprint density at radius 2 is 2.15 bits per heavy atom. The summed E-state index contributed by atoms with van der Waals surface area (Å²) >= 11 is 0. The van der Waals surface area contributed by atoms with Crippen LogP contribution in [0.4, 0.5) is 0 Å². The number of hydrogen-bond acceptors (Lipinski definition) is 3. The summed E-state index contributed by atoms with van der Waals surface area (Å²) in [5, 5.41) is 4.87. The maximum atomic E-state index is 4.56. The predicted molar refractivity (Wildman–Crippen MR) is 83.7 cm³/mol. The Balaban J connectivity index is 1.76. The van der Waals surface area contributed by atoms with E-state index in [0.29, 0.717) is 6.04 Å². The van der Waals surface area contributed by atoms with Gasteiger partial charge in [-0.2, -0.15) is 0 Å². The lowest BCUT2D eigenvalue weighted by molar-refractivity contribution is 0.282. The van der Waals surface area contributed by atoms with Crippen LogP contribution >= 0.6 is 0 Å². The van der Waals surface area contributed by atoms with Gasteiger partial charge < -0.3 is 5.32 Å². The van der Waals surface area contributed by atoms with Gasteiger partial charge in [0.25, 0.3) is 0 Å². The van der Waals surface area contributed by atoms with E-state index in [1.54, 1.807) is 0 Å². The lowest BCUT2D eigenvalue weighted by atomic mass is 10.1. The monoisotopic (exact) mass is 269 g/mol. The van der Waals surface area contributed by atoms with Gasteiger partial charge in [-0.25, -0.2) is 0 Å². The number of hydrogen-bond donors (Lipinski definition) is 1. The van der Waals surface area contributed by atoms with Crippen LogP contribution in [-0.2, 0) is 6.54 Å². The molecule has 106 valence electrons. The fourth-order valence-electron chi connectivity index (χ4n) is 3.02. The molecule has 2 aromatic rings. The largest absolute Gasteiger partial charge is 0.313 e. The number of rotatable bonds is 3. The fraction of sp³-hybridized carbons (Fsp3) is 0.471. The summed E-state index contributed by atoms with van der Waals surface area (Å²) < 4.78 is 0. The molecule has 1 saturated heterocycles. The Hall–Kier alpha value is -1.45. The maximum Gasteiger partial charge on any atom is 0.0746 e. The second-order valence-electron chi connectivity index (χ2n) is 5.62. The van der Waals surface area contributed by atoms with Gasteiger partial charge in [-0.1, -0.05) is 31.2 Å². The molecule has 1 fully saturated rings. The molecule has 0 spiro atoms. The van der Waals surface area contributed by atoms with Gasteiger partial charge in [-0.15, -0.1) is 0 Å². The maximum absolute atomic E-state index is 4.56. The minimum atomic E-state index is 0.686. The van der Waals surface area contributed by atoms with Crippen molar-refractivity contribution in [3.63, 3.8) is 0 Å². The zero-order valence-corrected chi connectivity index (χ0v) is 12.2. The average molecular weight is 269 g/mol. The van der Waals surface area contributed by atoms with E-state index in [9.17, 15) is 0 Å². The molecule has 20 heavy (non-hydrogen) atoms. The van der Waals surface area contributed by atoms with Crippen LogP contribution in [0.2, 0.25) is 0 Å². The van der Waals surface area contributed by atoms with Crippen LogP contribution < -0.4 is 5.32 Å². The number of aromatic nitrogens is 1. The van der Waals surface area contributed by atoms with Crippen LogP contribution in [0.5, 0.6) is 0 Å². The second-order valence-corrected chi connectivity index (χ2v) is 5.62. The molecule has 1 aliphatic heterocycles. The zero-order valence-electron chi connectivity index (χ0n) is 12.2. The standard InChI is InChI=1S/C17H23N3/c1-2-16-8-11-20(12-10-18-16)13-15-6-3-5-14-7-4-9-19-17(14)15/h3-7,9,16,18H,2,8,10-13H2,1H3. The SMILES string of the molecule is CCC1CCN(Cc2cccc3cccnc23)CCN1. The molecule has 1 aliphatic rings. The van der Waals surface area contributed by atoms with Crippen molar-refractivity contribution in [3.8, 4) is 0 Å². The number of para-hydroxylation sites is 1. The van der Waals surface area contributed by atoms with Gasteiger partial charge in [0.15, 0.2) is 0 Å². The van der Waals surface area contributed by atoms with Crippen LogP contribution in [0.15, 0.2) is 36.5 Å². The molecule has 1 atom stereocenters. The molecule has 1 unspecified atom stereocenters. The van der Waals surface area contributed by atoms with Gasteiger partial charge in [-0.3, -0.25) is 9.88 Å². The Bertz CT molecular complexity index is 562. The van der Waals surface area contributed by atoms with Crippen molar-refractivity contribution < 1.29 is 0 Å². The molecule has 0 bridgehead atoms. The molecule has 0 aliphatic carbocycles. The van der Waals surface area contributed by atoms with Gasteiger partial charge in [0.1, 0.15) is 0 Å².